The predicted molar refractivity (Wildman–Crippen MR) is 258 cm³/mol. The van der Waals surface area contributed by atoms with Gasteiger partial charge in [0.2, 0.25) is 0 Å². The quantitative estimate of drug-likeness (QED) is 0.0157. The van der Waals surface area contributed by atoms with Crippen LogP contribution in [0.4, 0.5) is 5.82 Å². The van der Waals surface area contributed by atoms with Gasteiger partial charge in [0.15, 0.2) is 12.3 Å². The standard InChI is InChI=1S/C47H79N3O16P2/c1-4-37(3)28-24-20-16-14-15-19-23-27-31-43(53)64-39(34-61-42(52)30-26-22-18-13-11-9-7-6-8-10-12-17-21-25-29-38(51)5-2)35-62-67(57,58)66-68(59,60)63-36-40-44(54)45(55)46(65-40)50-33-32-41(48)49-47(50)56/h7-10,13,17-18,21,32-33,37-40,44-46,51,54-55H,4-6,11-12,14-16,19-20,22-31,34-36H2,1-3H3,(H,57,58)(H,59,60)(H2,48,49,56)/b9-7-,10-8-,18-13-,21-17-/t37?,38-,39+,40+,44+,45+,46+/m0/s1. The molecule has 3 unspecified atom stereocenters. The fourth-order valence-corrected chi connectivity index (χ4v) is 8.90. The van der Waals surface area contributed by atoms with Crippen LogP contribution in [0.15, 0.2) is 65.7 Å². The van der Waals surface area contributed by atoms with Crippen LogP contribution < -0.4 is 11.4 Å². The van der Waals surface area contributed by atoms with Crippen molar-refractivity contribution in [3.63, 3.8) is 0 Å². The van der Waals surface area contributed by atoms with Gasteiger partial charge in [-0.2, -0.15) is 9.29 Å². The third-order valence-electron chi connectivity index (χ3n) is 11.1. The van der Waals surface area contributed by atoms with Crippen molar-refractivity contribution in [3.05, 3.63) is 71.4 Å². The van der Waals surface area contributed by atoms with E-state index in [1.165, 1.54) is 38.2 Å². The normalized spacial score (nSPS) is 20.8. The second-order valence-corrected chi connectivity index (χ2v) is 20.0. The number of allylic oxidation sites excluding steroid dienone is 8. The predicted octanol–water partition coefficient (Wildman–Crippen LogP) is 8.21. The number of phosphoric ester groups is 2. The first-order valence-corrected chi connectivity index (χ1v) is 27.1. The maximum atomic E-state index is 12.8. The van der Waals surface area contributed by atoms with Gasteiger partial charge in [-0.25, -0.2) is 13.9 Å². The zero-order chi connectivity index (χ0) is 50.2. The highest BCUT2D eigenvalue weighted by Gasteiger charge is 2.46. The first-order valence-electron chi connectivity index (χ1n) is 24.1. The van der Waals surface area contributed by atoms with E-state index in [1.807, 2.05) is 25.2 Å². The summed E-state index contributed by atoms with van der Waals surface area (Å²) < 4.78 is 56.6. The zero-order valence-corrected chi connectivity index (χ0v) is 42.0. The summed E-state index contributed by atoms with van der Waals surface area (Å²) in [5.74, 6) is -0.634. The lowest BCUT2D eigenvalue weighted by molar-refractivity contribution is -0.161. The Labute approximate surface area is 402 Å². The number of carbonyl (C=O) groups excluding carboxylic acids is 2. The van der Waals surface area contributed by atoms with E-state index in [-0.39, 0.29) is 24.8 Å². The smallest absolute Gasteiger partial charge is 0.462 e. The van der Waals surface area contributed by atoms with Crippen LogP contribution in [0.5, 0.6) is 0 Å². The summed E-state index contributed by atoms with van der Waals surface area (Å²) >= 11 is 0. The first kappa shape index (κ1) is 60.8. The number of phosphoric acid groups is 2. The Morgan fingerprint density at radius 1 is 0.779 bits per heavy atom. The molecule has 0 radical (unpaired) electrons. The first-order chi connectivity index (χ1) is 32.5. The van der Waals surface area contributed by atoms with E-state index < -0.39 is 83.7 Å². The Morgan fingerprint density at radius 3 is 1.97 bits per heavy atom. The number of ether oxygens (including phenoxy) is 3. The Balaban J connectivity index is 1.84. The van der Waals surface area contributed by atoms with Crippen molar-refractivity contribution in [2.45, 2.75) is 186 Å². The number of aliphatic hydroxyl groups is 3. The molecule has 0 bridgehead atoms. The summed E-state index contributed by atoms with van der Waals surface area (Å²) in [5, 5.41) is 30.5. The third-order valence-corrected chi connectivity index (χ3v) is 13.7. The van der Waals surface area contributed by atoms with Crippen LogP contribution in [-0.4, -0.2) is 96.9 Å². The molecular formula is C47H79N3O16P2. The number of unbranched alkanes of at least 4 members (excludes halogenated alkanes) is 8. The molecule has 388 valence electrons. The fraction of sp³-hybridized carbons (Fsp3) is 0.702. The Bertz CT molecular complexity index is 1860. The summed E-state index contributed by atoms with van der Waals surface area (Å²) in [6.45, 7) is 4.08. The topological polar surface area (TPSA) is 286 Å². The van der Waals surface area contributed by atoms with Gasteiger partial charge in [-0.1, -0.05) is 127 Å². The molecule has 9 atom stereocenters. The van der Waals surface area contributed by atoms with Gasteiger partial charge in [-0.15, -0.1) is 0 Å². The molecule has 21 heteroatoms. The van der Waals surface area contributed by atoms with Gasteiger partial charge in [-0.05, 0) is 69.8 Å². The minimum atomic E-state index is -5.44. The number of esters is 2. The van der Waals surface area contributed by atoms with Crippen molar-refractivity contribution in [2.24, 2.45) is 5.92 Å². The van der Waals surface area contributed by atoms with E-state index in [1.54, 1.807) is 0 Å². The van der Waals surface area contributed by atoms with E-state index in [9.17, 15) is 48.6 Å². The van der Waals surface area contributed by atoms with Gasteiger partial charge < -0.3 is 45.1 Å². The summed E-state index contributed by atoms with van der Waals surface area (Å²) in [4.78, 5) is 61.7. The molecule has 1 saturated heterocycles. The molecule has 0 saturated carbocycles. The minimum absolute atomic E-state index is 0.0303. The van der Waals surface area contributed by atoms with Gasteiger partial charge in [0, 0.05) is 19.0 Å². The summed E-state index contributed by atoms with van der Waals surface area (Å²) in [6.07, 6.45) is 25.9. The van der Waals surface area contributed by atoms with E-state index in [4.69, 9.17) is 29.0 Å². The second-order valence-electron chi connectivity index (χ2n) is 17.0. The van der Waals surface area contributed by atoms with Crippen LogP contribution in [0.3, 0.4) is 0 Å². The molecule has 7 N–H and O–H groups in total. The summed E-state index contributed by atoms with van der Waals surface area (Å²) in [6, 6.07) is 1.24. The molecule has 0 aromatic carbocycles. The number of aromatic nitrogens is 2. The van der Waals surface area contributed by atoms with E-state index >= 15 is 0 Å². The molecule has 1 fully saturated rings. The largest absolute Gasteiger partial charge is 0.481 e. The number of hydrogen-bond donors (Lipinski definition) is 6. The van der Waals surface area contributed by atoms with Crippen molar-refractivity contribution in [1.29, 1.82) is 0 Å². The van der Waals surface area contributed by atoms with Crippen molar-refractivity contribution >= 4 is 33.4 Å². The molecule has 1 aliphatic heterocycles. The molecule has 68 heavy (non-hydrogen) atoms. The lowest BCUT2D eigenvalue weighted by Gasteiger charge is -2.21. The fourth-order valence-electron chi connectivity index (χ4n) is 6.79. The monoisotopic (exact) mass is 1000 g/mol. The lowest BCUT2D eigenvalue weighted by Crippen LogP contribution is -2.36. The van der Waals surface area contributed by atoms with Gasteiger partial charge in [0.05, 0.1) is 19.3 Å². The Hall–Kier alpha value is -3.32. The highest BCUT2D eigenvalue weighted by Crippen LogP contribution is 2.60. The Kier molecular flexibility index (Phi) is 31.2. The highest BCUT2D eigenvalue weighted by molar-refractivity contribution is 7.61. The van der Waals surface area contributed by atoms with Crippen molar-refractivity contribution in [3.8, 4) is 0 Å². The van der Waals surface area contributed by atoms with Crippen molar-refractivity contribution in [1.82, 2.24) is 9.55 Å². The summed E-state index contributed by atoms with van der Waals surface area (Å²) in [5.41, 5.74) is 4.57. The number of carbonyl (C=O) groups is 2. The van der Waals surface area contributed by atoms with Crippen LogP contribution in [0, 0.1) is 5.92 Å². The third kappa shape index (κ3) is 27.8. The lowest BCUT2D eigenvalue weighted by atomic mass is 9.99. The number of nitrogens with two attached hydrogens (primary N) is 1. The van der Waals surface area contributed by atoms with Crippen LogP contribution in [0.1, 0.15) is 155 Å². The zero-order valence-electron chi connectivity index (χ0n) is 40.2. The van der Waals surface area contributed by atoms with Gasteiger partial charge in [0.25, 0.3) is 0 Å². The molecule has 1 aromatic rings. The molecule has 0 amide bonds. The van der Waals surface area contributed by atoms with E-state index in [2.05, 4.69) is 53.5 Å². The number of nitrogens with zero attached hydrogens (tertiary/aromatic N) is 2. The number of nitrogen functional groups attached to an aromatic ring is 1. The molecule has 1 aromatic heterocycles. The van der Waals surface area contributed by atoms with Crippen LogP contribution in [0.25, 0.3) is 0 Å². The SMILES string of the molecule is CCC(C)CCCCCCCCCCC(=O)O[C@H](COC(=O)CCC/C=C\C/C=C\C/C=C\C/C=C\CC[C@@H](O)CC)COP(=O)(O)OP(=O)(O)OC[C@H]1O[C@@H](n2ccc(N)nc2=O)[C@H](O)[C@@H]1O. The van der Waals surface area contributed by atoms with E-state index in [0.717, 1.165) is 80.9 Å². The second kappa shape index (κ2) is 34.9. The van der Waals surface area contributed by atoms with Gasteiger partial charge in [0.1, 0.15) is 30.7 Å². The molecule has 0 aliphatic carbocycles. The molecule has 19 nitrogen and oxygen atoms in total. The number of aliphatic hydroxyl groups excluding tert-OH is 3. The highest BCUT2D eigenvalue weighted by atomic mass is 31.3. The molecule has 2 heterocycles. The molecule has 2 rings (SSSR count). The van der Waals surface area contributed by atoms with Crippen molar-refractivity contribution in [2.75, 3.05) is 25.6 Å². The van der Waals surface area contributed by atoms with Crippen LogP contribution >= 0.6 is 15.6 Å². The Morgan fingerprint density at radius 2 is 1.35 bits per heavy atom. The maximum absolute atomic E-state index is 12.8. The average Bonchev–Trinajstić information content (AvgIpc) is 3.57. The van der Waals surface area contributed by atoms with Crippen LogP contribution in [0.2, 0.25) is 0 Å². The minimum Gasteiger partial charge on any atom is -0.462 e. The van der Waals surface area contributed by atoms with Crippen LogP contribution in [-0.2, 0) is 46.3 Å². The summed E-state index contributed by atoms with van der Waals surface area (Å²) in [7, 11) is -10.9. The molecular weight excluding hydrogens is 924 g/mol. The number of anilines is 1. The number of rotatable bonds is 38. The van der Waals surface area contributed by atoms with Gasteiger partial charge in [-0.3, -0.25) is 23.2 Å². The number of hydrogen-bond acceptors (Lipinski definition) is 16. The van der Waals surface area contributed by atoms with E-state index in [0.29, 0.717) is 19.3 Å². The molecule has 0 spiro atoms. The molecule has 1 aliphatic rings. The van der Waals surface area contributed by atoms with Gasteiger partial charge >= 0.3 is 33.3 Å². The average molecular weight is 1000 g/mol. The maximum Gasteiger partial charge on any atom is 0.481 e. The van der Waals surface area contributed by atoms with Crippen molar-refractivity contribution < 1.29 is 71.4 Å².